The highest BCUT2D eigenvalue weighted by atomic mass is 16.6. The molecule has 2 aliphatic rings. The molecule has 3 heterocycles. The second-order valence-corrected chi connectivity index (χ2v) is 6.70. The van der Waals surface area contributed by atoms with E-state index in [2.05, 4.69) is 15.2 Å². The zero-order valence-electron chi connectivity index (χ0n) is 14.9. The van der Waals surface area contributed by atoms with Gasteiger partial charge in [-0.15, -0.1) is 0 Å². The smallest absolute Gasteiger partial charge is 0.255 e. The molecule has 1 saturated heterocycles. The van der Waals surface area contributed by atoms with Gasteiger partial charge in [0.05, 0.1) is 5.56 Å². The first-order valence-electron chi connectivity index (χ1n) is 9.09. The number of aromatic nitrogens is 1. The summed E-state index contributed by atoms with van der Waals surface area (Å²) >= 11 is 0. The second kappa shape index (κ2) is 7.23. The van der Waals surface area contributed by atoms with Crippen LogP contribution in [0.5, 0.6) is 11.5 Å². The number of pyridine rings is 1. The molecule has 2 aliphatic heterocycles. The Morgan fingerprint density at radius 2 is 1.88 bits per heavy atom. The van der Waals surface area contributed by atoms with Crippen LogP contribution in [0.3, 0.4) is 0 Å². The normalized spacial score (nSPS) is 17.0. The third kappa shape index (κ3) is 3.45. The topological polar surface area (TPSA) is 63.7 Å². The lowest BCUT2D eigenvalue weighted by Gasteiger charge is -2.33. The Balaban J connectivity index is 1.38. The summed E-state index contributed by atoms with van der Waals surface area (Å²) in [6.45, 7) is 4.76. The summed E-state index contributed by atoms with van der Waals surface area (Å²) in [4.78, 5) is 19.6. The first-order chi connectivity index (χ1) is 12.7. The van der Waals surface area contributed by atoms with Crippen molar-refractivity contribution in [2.24, 2.45) is 0 Å². The number of amides is 1. The zero-order chi connectivity index (χ0) is 17.9. The molecule has 4 rings (SSSR count). The first-order valence-corrected chi connectivity index (χ1v) is 9.09. The summed E-state index contributed by atoms with van der Waals surface area (Å²) in [5, 5.41) is 3.15. The number of para-hydroxylation sites is 1. The fourth-order valence-corrected chi connectivity index (χ4v) is 3.47. The lowest BCUT2D eigenvalue weighted by atomic mass is 10.0. The van der Waals surface area contributed by atoms with Crippen molar-refractivity contribution in [1.82, 2.24) is 10.3 Å². The lowest BCUT2D eigenvalue weighted by Crippen LogP contribution is -2.45. The van der Waals surface area contributed by atoms with Gasteiger partial charge in [0.15, 0.2) is 11.5 Å². The van der Waals surface area contributed by atoms with Gasteiger partial charge in [-0.1, -0.05) is 12.1 Å². The molecule has 0 radical (unpaired) electrons. The highest BCUT2D eigenvalue weighted by Crippen LogP contribution is 2.33. The van der Waals surface area contributed by atoms with Crippen LogP contribution in [0.25, 0.3) is 0 Å². The number of nitrogens with zero attached hydrogens (tertiary/aromatic N) is 2. The van der Waals surface area contributed by atoms with Gasteiger partial charge >= 0.3 is 0 Å². The van der Waals surface area contributed by atoms with Crippen LogP contribution in [-0.4, -0.2) is 43.2 Å². The molecule has 0 aliphatic carbocycles. The van der Waals surface area contributed by atoms with Gasteiger partial charge in [-0.05, 0) is 44.0 Å². The molecule has 1 amide bonds. The Labute approximate surface area is 153 Å². The van der Waals surface area contributed by atoms with Gasteiger partial charge in [0.1, 0.15) is 19.0 Å². The number of hydrogen-bond acceptors (Lipinski definition) is 5. The van der Waals surface area contributed by atoms with E-state index in [1.54, 1.807) is 6.07 Å². The molecule has 1 N–H and O–H groups in total. The van der Waals surface area contributed by atoms with E-state index >= 15 is 0 Å². The van der Waals surface area contributed by atoms with Gasteiger partial charge in [-0.25, -0.2) is 4.98 Å². The summed E-state index contributed by atoms with van der Waals surface area (Å²) in [6, 6.07) is 11.7. The van der Waals surface area contributed by atoms with E-state index in [0.717, 1.165) is 37.4 Å². The average molecular weight is 353 g/mol. The van der Waals surface area contributed by atoms with E-state index < -0.39 is 0 Å². The highest BCUT2D eigenvalue weighted by Gasteiger charge is 2.25. The first kappa shape index (κ1) is 16.7. The number of fused-ring (bicyclic) bond motifs is 1. The minimum absolute atomic E-state index is 0.0977. The van der Waals surface area contributed by atoms with Gasteiger partial charge < -0.3 is 19.7 Å². The Kier molecular flexibility index (Phi) is 4.65. The molecule has 0 atom stereocenters. The average Bonchev–Trinajstić information content (AvgIpc) is 2.68. The zero-order valence-corrected chi connectivity index (χ0v) is 14.9. The van der Waals surface area contributed by atoms with E-state index in [9.17, 15) is 4.79 Å². The largest absolute Gasteiger partial charge is 0.486 e. The van der Waals surface area contributed by atoms with Gasteiger partial charge in [0, 0.05) is 24.8 Å². The standard InChI is InChI=1S/C20H23N3O3/c1-14-4-2-7-18(21-14)23-10-8-15(9-11-23)22-20(24)16-5-3-6-17-19(16)26-13-12-25-17/h2-7,15H,8-13H2,1H3,(H,22,24). The number of hydrogen-bond donors (Lipinski definition) is 1. The number of anilines is 1. The minimum Gasteiger partial charge on any atom is -0.486 e. The van der Waals surface area contributed by atoms with Crippen LogP contribution >= 0.6 is 0 Å². The van der Waals surface area contributed by atoms with Gasteiger partial charge in [0.25, 0.3) is 5.91 Å². The third-order valence-corrected chi connectivity index (χ3v) is 4.84. The molecule has 1 fully saturated rings. The van der Waals surface area contributed by atoms with Crippen molar-refractivity contribution in [3.05, 3.63) is 47.7 Å². The Morgan fingerprint density at radius 1 is 1.12 bits per heavy atom. The number of carbonyl (C=O) groups excluding carboxylic acids is 1. The van der Waals surface area contributed by atoms with Gasteiger partial charge in [-0.3, -0.25) is 4.79 Å². The Bertz CT molecular complexity index is 801. The van der Waals surface area contributed by atoms with Crippen LogP contribution in [0, 0.1) is 6.92 Å². The molecule has 0 unspecified atom stereocenters. The third-order valence-electron chi connectivity index (χ3n) is 4.84. The van der Waals surface area contributed by atoms with E-state index in [-0.39, 0.29) is 11.9 Å². The molecule has 0 bridgehead atoms. The van der Waals surface area contributed by atoms with Crippen molar-refractivity contribution in [1.29, 1.82) is 0 Å². The van der Waals surface area contributed by atoms with Crippen LogP contribution in [-0.2, 0) is 0 Å². The number of nitrogens with one attached hydrogen (secondary N) is 1. The maximum Gasteiger partial charge on any atom is 0.255 e. The molecule has 2 aromatic rings. The summed E-state index contributed by atoms with van der Waals surface area (Å²) in [5.74, 6) is 2.11. The Hall–Kier alpha value is -2.76. The van der Waals surface area contributed by atoms with Crippen molar-refractivity contribution in [3.63, 3.8) is 0 Å². The van der Waals surface area contributed by atoms with Crippen LogP contribution in [0.2, 0.25) is 0 Å². The van der Waals surface area contributed by atoms with E-state index in [4.69, 9.17) is 9.47 Å². The quantitative estimate of drug-likeness (QED) is 0.919. The number of rotatable bonds is 3. The number of piperidine rings is 1. The molecular formula is C20H23N3O3. The molecule has 1 aromatic carbocycles. The van der Waals surface area contributed by atoms with Crippen molar-refractivity contribution in [2.75, 3.05) is 31.2 Å². The highest BCUT2D eigenvalue weighted by molar-refractivity contribution is 5.98. The van der Waals surface area contributed by atoms with Crippen molar-refractivity contribution in [2.45, 2.75) is 25.8 Å². The van der Waals surface area contributed by atoms with Gasteiger partial charge in [0.2, 0.25) is 0 Å². The number of benzene rings is 1. The molecular weight excluding hydrogens is 330 g/mol. The lowest BCUT2D eigenvalue weighted by molar-refractivity contribution is 0.0920. The fourth-order valence-electron chi connectivity index (χ4n) is 3.47. The van der Waals surface area contributed by atoms with E-state index in [1.165, 1.54) is 0 Å². The number of ether oxygens (including phenoxy) is 2. The van der Waals surface area contributed by atoms with Crippen LogP contribution in [0.15, 0.2) is 36.4 Å². The molecule has 0 spiro atoms. The predicted octanol–water partition coefficient (Wildman–Crippen LogP) is 2.56. The summed E-state index contributed by atoms with van der Waals surface area (Å²) < 4.78 is 11.2. The Morgan fingerprint density at radius 3 is 2.69 bits per heavy atom. The van der Waals surface area contributed by atoms with E-state index in [1.807, 2.05) is 37.3 Å². The summed E-state index contributed by atoms with van der Waals surface area (Å²) in [5.41, 5.74) is 1.57. The van der Waals surface area contributed by atoms with Crippen molar-refractivity contribution < 1.29 is 14.3 Å². The second-order valence-electron chi connectivity index (χ2n) is 6.70. The predicted molar refractivity (Wildman–Crippen MR) is 99.1 cm³/mol. The number of carbonyl (C=O) groups is 1. The SMILES string of the molecule is Cc1cccc(N2CCC(NC(=O)c3cccc4c3OCCO4)CC2)n1. The molecule has 6 nitrogen and oxygen atoms in total. The monoisotopic (exact) mass is 353 g/mol. The number of aryl methyl sites for hydroxylation is 1. The van der Waals surface area contributed by atoms with Crippen molar-refractivity contribution >= 4 is 11.7 Å². The fraction of sp³-hybridized carbons (Fsp3) is 0.400. The molecule has 1 aromatic heterocycles. The summed E-state index contributed by atoms with van der Waals surface area (Å²) in [6.07, 6.45) is 1.79. The molecule has 0 saturated carbocycles. The molecule has 26 heavy (non-hydrogen) atoms. The maximum absolute atomic E-state index is 12.7. The van der Waals surface area contributed by atoms with Crippen molar-refractivity contribution in [3.8, 4) is 11.5 Å². The van der Waals surface area contributed by atoms with Crippen LogP contribution in [0.1, 0.15) is 28.9 Å². The molecule has 6 heteroatoms. The maximum atomic E-state index is 12.7. The summed E-state index contributed by atoms with van der Waals surface area (Å²) in [7, 11) is 0. The van der Waals surface area contributed by atoms with E-state index in [0.29, 0.717) is 30.3 Å². The van der Waals surface area contributed by atoms with Gasteiger partial charge in [-0.2, -0.15) is 0 Å². The minimum atomic E-state index is -0.0977. The van der Waals surface area contributed by atoms with Crippen LogP contribution < -0.4 is 19.7 Å². The molecule has 136 valence electrons. The van der Waals surface area contributed by atoms with Crippen LogP contribution in [0.4, 0.5) is 5.82 Å².